The number of nitrogens with zero attached hydrogens (tertiary/aromatic N) is 10. The summed E-state index contributed by atoms with van der Waals surface area (Å²) in [5, 5.41) is 105. The molecule has 0 saturated heterocycles. The summed E-state index contributed by atoms with van der Waals surface area (Å²) < 4.78 is 10.5. The van der Waals surface area contributed by atoms with Crippen LogP contribution in [0.2, 0.25) is 0 Å². The topological polar surface area (TPSA) is 505 Å². The number of Topliss-reactive ketones (excluding diaryl/α,β-unsaturated/α-hetero) is 2. The van der Waals surface area contributed by atoms with Crippen LogP contribution in [0.15, 0.2) is 364 Å². The van der Waals surface area contributed by atoms with E-state index in [-0.39, 0.29) is 163 Å². The van der Waals surface area contributed by atoms with Crippen LogP contribution in [0.25, 0.3) is 0 Å². The minimum atomic E-state index is -0.460. The number of ether oxygens (including phenoxy) is 2. The molecule has 146 heavy (non-hydrogen) atoms. The molecule has 764 valence electrons. The predicted octanol–water partition coefficient (Wildman–Crippen LogP) is 20.8. The zero-order chi connectivity index (χ0) is 101. The van der Waals surface area contributed by atoms with Crippen LogP contribution in [0, 0.1) is 13.8 Å². The number of phenolic OH excluding ortho intramolecular Hbond substituents is 9. The Morgan fingerprint density at radius 2 is 0.664 bits per heavy atom. The molecule has 0 atom stereocenters. The van der Waals surface area contributed by atoms with Crippen LogP contribution in [0.5, 0.6) is 63.2 Å². The maximum absolute atomic E-state index is 12.1. The van der Waals surface area contributed by atoms with E-state index >= 15 is 0 Å². The molecule has 14 aromatic rings. The lowest BCUT2D eigenvalue weighted by Crippen LogP contribution is -2.19. The van der Waals surface area contributed by atoms with Crippen LogP contribution in [-0.2, 0) is 0 Å². The highest BCUT2D eigenvalue weighted by Gasteiger charge is 2.17. The van der Waals surface area contributed by atoms with Gasteiger partial charge in [0.1, 0.15) is 76.3 Å². The zero-order valence-corrected chi connectivity index (χ0v) is 76.9. The third-order valence-electron chi connectivity index (χ3n) is 19.5. The second-order valence-electron chi connectivity index (χ2n) is 29.4. The summed E-state index contributed by atoms with van der Waals surface area (Å²) in [5.41, 5.74) is 24.8. The summed E-state index contributed by atoms with van der Waals surface area (Å²) in [5.74, 6) is -1.07. The number of aromatic hydroxyl groups is 9. The predicted molar refractivity (Wildman–Crippen MR) is 580 cm³/mol. The summed E-state index contributed by atoms with van der Waals surface area (Å²) in [4.78, 5) is 103. The van der Waals surface area contributed by atoms with E-state index in [2.05, 4.69) is 77.6 Å². The Morgan fingerprint density at radius 1 is 0.288 bits per heavy atom. The number of hydrogen-bond acceptors (Lipinski definition) is 28. The van der Waals surface area contributed by atoms with Gasteiger partial charge in [-0.1, -0.05) is 155 Å². The molecule has 0 fully saturated rings. The number of amides is 5. The number of methoxy groups -OCH3 is 2. The van der Waals surface area contributed by atoms with Gasteiger partial charge in [0.25, 0.3) is 29.5 Å². The first-order valence-corrected chi connectivity index (χ1v) is 42.3. The molecule has 3 heterocycles. The van der Waals surface area contributed by atoms with Crippen molar-refractivity contribution >= 4 is 82.1 Å². The third kappa shape index (κ3) is 41.2. The van der Waals surface area contributed by atoms with E-state index < -0.39 is 11.8 Å². The summed E-state index contributed by atoms with van der Waals surface area (Å²) in [6, 6.07) is 79.5. The Labute approximate surface area is 852 Å². The molecule has 0 aliphatic heterocycles. The zero-order valence-electron chi connectivity index (χ0n) is 76.9. The van der Waals surface area contributed by atoms with Gasteiger partial charge < -0.3 is 55.4 Å². The van der Waals surface area contributed by atoms with Crippen molar-refractivity contribution in [3.8, 4) is 63.2 Å². The minimum absolute atomic E-state index is 0. The maximum atomic E-state index is 12.1. The van der Waals surface area contributed by atoms with E-state index in [1.165, 1.54) is 116 Å². The fourth-order valence-electron chi connectivity index (χ4n) is 11.7. The van der Waals surface area contributed by atoms with Crippen molar-refractivity contribution in [1.29, 1.82) is 0 Å². The number of carbonyl (C=O) groups excluding carboxylic acids is 7. The lowest BCUT2D eigenvalue weighted by Gasteiger charge is -2.10. The number of aliphatic imine (C=N–C) groups is 2. The number of pyridine rings is 3. The maximum Gasteiger partial charge on any atom is 0.275 e. The minimum Gasteiger partial charge on any atom is -0.508 e. The second-order valence-corrected chi connectivity index (χ2v) is 29.4. The van der Waals surface area contributed by atoms with Gasteiger partial charge in [0, 0.05) is 105 Å². The van der Waals surface area contributed by atoms with E-state index in [0.29, 0.717) is 67.7 Å². The number of nitrogens with one attached hydrogen (secondary N) is 5. The standard InChI is InChI=1S/C18H19NO4.C17H18N2O3.C16H15NO2.C15H14N2O3.C14H13N3O2.2C13H11N3O2.7CH4/c1-12(14-9-8-13(22-2)10-18(14)23-3)19-11-17(21)15-6-4-5-7-16(15)20;1-10-4-5-13(8-11(10)2)17(22)19-18-12(3)15-7-6-14(20)9-16(15)21;1-12(13-7-3-2-4-8-13)17-11-16(19)14-9-5-6-10-15(14)18;1-10(13-4-2-3-5-14(13)19)16-17-15(20)11-6-8-12(18)9-7-11;1-10(11-6-8-15-9-7-11)16-17-14(19)12-4-2-3-5-13(12)18;17-12-5-3-11(4-6-12)13(18)16-15-9-10-2-1-7-14-8-10;17-12-4-2-1-3-11(12)13(18)16-15-9-10-5-7-14-8-6-10;;;;;;;/h4-10,20H,11H2,1-3H3;4-9,20-21H,1-3H3,(H,19,22);2-10,18H,11H2,1H3;2-9,18-19H,1H3,(H,17,20);2-9,18H,1H3,(H,17,19);2*1-9,17H,(H,16,18);7*1H4/b;18-12+;;16-10-;16-10+;2*15-9+;;;;;;;. The van der Waals surface area contributed by atoms with Gasteiger partial charge in [-0.2, -0.15) is 25.5 Å². The highest BCUT2D eigenvalue weighted by molar-refractivity contribution is 6.08. The molecule has 0 bridgehead atoms. The third-order valence-corrected chi connectivity index (χ3v) is 19.5. The van der Waals surface area contributed by atoms with E-state index in [1.54, 1.807) is 206 Å². The number of carbonyl (C=O) groups is 7. The van der Waals surface area contributed by atoms with E-state index in [0.717, 1.165) is 44.7 Å². The molecule has 3 aromatic heterocycles. The molecule has 11 aromatic carbocycles. The number of hydrazone groups is 5. The summed E-state index contributed by atoms with van der Waals surface area (Å²) >= 11 is 0. The molecule has 0 radical (unpaired) electrons. The second kappa shape index (κ2) is 65.8. The van der Waals surface area contributed by atoms with Gasteiger partial charge in [-0.05, 0) is 247 Å². The number of ketones is 2. The quantitative estimate of drug-likeness (QED) is 0.0144. The van der Waals surface area contributed by atoms with Crippen molar-refractivity contribution in [2.75, 3.05) is 27.3 Å². The fraction of sp³-hybridized carbons (Fsp3) is 0.159. The first-order valence-electron chi connectivity index (χ1n) is 42.3. The highest BCUT2D eigenvalue weighted by atomic mass is 16.5. The number of hydrogen-bond donors (Lipinski definition) is 14. The number of aromatic nitrogens is 3. The number of para-hydroxylation sites is 5. The molecule has 0 aliphatic rings. The normalized spacial score (nSPS) is 10.5. The molecule has 14 rings (SSSR count). The molecule has 0 spiro atoms. The summed E-state index contributed by atoms with van der Waals surface area (Å²) in [6.07, 6.45) is 12.9. The van der Waals surface area contributed by atoms with Gasteiger partial charge in [0.15, 0.2) is 11.6 Å². The van der Waals surface area contributed by atoms with Crippen LogP contribution in [0.1, 0.15) is 209 Å². The Bertz CT molecular complexity index is 6620. The van der Waals surface area contributed by atoms with Crippen molar-refractivity contribution in [1.82, 2.24) is 42.1 Å². The molecular weight excluding hydrogens is 1860 g/mol. The van der Waals surface area contributed by atoms with Crippen molar-refractivity contribution < 1.29 is 89.0 Å². The SMILES string of the molecule is C.C.C.C.C.C.C.C/C(=N/NC(=O)c1ccc(O)cc1)c1ccccc1O.C/C(=N\NC(=O)c1ccc(C)c(C)c1)c1ccc(O)cc1O.C/C(=N\NC(=O)c1ccccc1O)c1ccncc1.CC(=NCC(=O)c1ccccc1O)c1ccccc1.COc1ccc(C(C)=NCC(=O)c2ccccc2O)c(OC)c1.O=C(N/N=C/c1cccnc1)c1ccc(O)cc1.O=C(N/N=C/c1ccncc1)c1ccccc1O. The summed E-state index contributed by atoms with van der Waals surface area (Å²) in [6.45, 7) is 12.7. The smallest absolute Gasteiger partial charge is 0.275 e. The number of rotatable bonds is 25. The van der Waals surface area contributed by atoms with Crippen LogP contribution in [-0.4, -0.2) is 170 Å². The molecule has 5 amide bonds. The monoisotopic (exact) mass is 1980 g/mol. The first-order chi connectivity index (χ1) is 66.9. The van der Waals surface area contributed by atoms with Crippen LogP contribution in [0.4, 0.5) is 0 Å². The van der Waals surface area contributed by atoms with Gasteiger partial charge in [-0.25, -0.2) is 27.1 Å². The molecule has 0 aliphatic carbocycles. The Morgan fingerprint density at radius 3 is 1.12 bits per heavy atom. The number of benzene rings is 11. The van der Waals surface area contributed by atoms with E-state index in [9.17, 15) is 69.3 Å². The molecule has 33 heteroatoms. The van der Waals surface area contributed by atoms with Crippen LogP contribution >= 0.6 is 0 Å². The largest absolute Gasteiger partial charge is 0.508 e. The molecule has 0 saturated carbocycles. The van der Waals surface area contributed by atoms with Crippen LogP contribution in [0.3, 0.4) is 0 Å². The van der Waals surface area contributed by atoms with Crippen LogP contribution < -0.4 is 36.6 Å². The molecular formula is C113H129N15O18. The lowest BCUT2D eigenvalue weighted by molar-refractivity contribution is 0.0944. The van der Waals surface area contributed by atoms with E-state index in [4.69, 9.17) is 19.7 Å². The molecule has 0 unspecified atom stereocenters. The van der Waals surface area contributed by atoms with Gasteiger partial charge in [-0.3, -0.25) is 58.5 Å². The van der Waals surface area contributed by atoms with Gasteiger partial charge in [-0.15, -0.1) is 0 Å². The fourth-order valence-corrected chi connectivity index (χ4v) is 11.7. The van der Waals surface area contributed by atoms with Gasteiger partial charge >= 0.3 is 0 Å². The average molecular weight is 1990 g/mol. The van der Waals surface area contributed by atoms with Gasteiger partial charge in [0.05, 0.1) is 66.0 Å². The van der Waals surface area contributed by atoms with Crippen molar-refractivity contribution in [3.63, 3.8) is 0 Å². The van der Waals surface area contributed by atoms with Crippen molar-refractivity contribution in [2.45, 2.75) is 100 Å². The number of phenols is 9. The first kappa shape index (κ1) is 125. The van der Waals surface area contributed by atoms with Crippen molar-refractivity contribution in [3.05, 3.63) is 417 Å². The van der Waals surface area contributed by atoms with Crippen molar-refractivity contribution in [2.24, 2.45) is 35.5 Å². The Balaban J connectivity index is 0.000000846. The average Bonchev–Trinajstić information content (AvgIpc) is 0.848. The lowest BCUT2D eigenvalue weighted by atomic mass is 10.1. The van der Waals surface area contributed by atoms with E-state index in [1.807, 2.05) is 82.3 Å². The Hall–Kier alpha value is -19.0. The molecule has 33 nitrogen and oxygen atoms in total. The molecule has 14 N–H and O–H groups in total. The summed E-state index contributed by atoms with van der Waals surface area (Å²) in [7, 11) is 3.15. The number of aryl methyl sites for hydroxylation is 2. The Kier molecular flexibility index (Phi) is 56.4. The van der Waals surface area contributed by atoms with Gasteiger partial charge in [0.2, 0.25) is 0 Å². The highest BCUT2D eigenvalue weighted by Crippen LogP contribution is 2.28.